The number of methoxy groups -OCH3 is 1. The van der Waals surface area contributed by atoms with Gasteiger partial charge in [0.05, 0.1) is 19.8 Å². The molecule has 0 fully saturated rings. The van der Waals surface area contributed by atoms with E-state index in [1.54, 1.807) is 19.1 Å². The number of hydrogen-bond acceptors (Lipinski definition) is 4. The summed E-state index contributed by atoms with van der Waals surface area (Å²) in [5.74, 6) is 0.0402. The molecule has 1 aromatic rings. The van der Waals surface area contributed by atoms with E-state index in [9.17, 15) is 4.79 Å². The first kappa shape index (κ1) is 16.6. The summed E-state index contributed by atoms with van der Waals surface area (Å²) < 4.78 is 5.01. The minimum Gasteiger partial charge on any atom is -0.395 e. The molecule has 0 saturated carbocycles. The molecule has 1 rings (SSSR count). The lowest BCUT2D eigenvalue weighted by Crippen LogP contribution is -2.40. The molecule has 0 aliphatic heterocycles. The van der Waals surface area contributed by atoms with E-state index in [1.807, 2.05) is 35.2 Å². The molecular weight excluding hydrogens is 256 g/mol. The second-order valence-corrected chi connectivity index (χ2v) is 4.73. The van der Waals surface area contributed by atoms with Crippen molar-refractivity contribution in [2.24, 2.45) is 0 Å². The number of rotatable bonds is 9. The van der Waals surface area contributed by atoms with E-state index in [0.717, 1.165) is 5.56 Å². The molecule has 0 bridgehead atoms. The van der Waals surface area contributed by atoms with Gasteiger partial charge in [-0.15, -0.1) is 0 Å². The third-order valence-electron chi connectivity index (χ3n) is 3.08. The molecule has 0 aliphatic carbocycles. The van der Waals surface area contributed by atoms with Crippen molar-refractivity contribution < 1.29 is 14.6 Å². The zero-order chi connectivity index (χ0) is 14.8. The molecule has 0 atom stereocenters. The van der Waals surface area contributed by atoms with E-state index in [2.05, 4.69) is 0 Å². The second kappa shape index (κ2) is 9.47. The van der Waals surface area contributed by atoms with Crippen molar-refractivity contribution >= 4 is 5.91 Å². The molecule has 5 nitrogen and oxygen atoms in total. The van der Waals surface area contributed by atoms with Crippen LogP contribution in [-0.2, 0) is 16.1 Å². The van der Waals surface area contributed by atoms with E-state index >= 15 is 0 Å². The van der Waals surface area contributed by atoms with Crippen LogP contribution in [0.5, 0.6) is 0 Å². The van der Waals surface area contributed by atoms with Crippen LogP contribution in [0, 0.1) is 0 Å². The molecule has 0 aliphatic rings. The fourth-order valence-corrected chi connectivity index (χ4v) is 1.89. The summed E-state index contributed by atoms with van der Waals surface area (Å²) in [4.78, 5) is 15.8. The van der Waals surface area contributed by atoms with Crippen molar-refractivity contribution in [1.29, 1.82) is 0 Å². The summed E-state index contributed by atoms with van der Waals surface area (Å²) >= 11 is 0. The molecule has 1 aromatic carbocycles. The minimum absolute atomic E-state index is 0.0402. The maximum absolute atomic E-state index is 12.2. The zero-order valence-corrected chi connectivity index (χ0v) is 12.3. The van der Waals surface area contributed by atoms with Gasteiger partial charge in [0.15, 0.2) is 0 Å². The van der Waals surface area contributed by atoms with Gasteiger partial charge < -0.3 is 14.7 Å². The summed E-state index contributed by atoms with van der Waals surface area (Å²) in [7, 11) is 3.42. The van der Waals surface area contributed by atoms with Crippen LogP contribution in [0.15, 0.2) is 30.3 Å². The summed E-state index contributed by atoms with van der Waals surface area (Å²) in [6, 6.07) is 9.88. The minimum atomic E-state index is 0.0402. The lowest BCUT2D eigenvalue weighted by atomic mass is 10.2. The highest BCUT2D eigenvalue weighted by atomic mass is 16.5. The summed E-state index contributed by atoms with van der Waals surface area (Å²) in [5.41, 5.74) is 1.11. The first-order valence-electron chi connectivity index (χ1n) is 6.77. The normalized spacial score (nSPS) is 10.8. The quantitative estimate of drug-likeness (QED) is 0.719. The predicted molar refractivity (Wildman–Crippen MR) is 78.3 cm³/mol. The van der Waals surface area contributed by atoms with Gasteiger partial charge in [0.2, 0.25) is 5.91 Å². The summed E-state index contributed by atoms with van der Waals surface area (Å²) in [6.45, 7) is 2.61. The topological polar surface area (TPSA) is 53.0 Å². The van der Waals surface area contributed by atoms with Crippen molar-refractivity contribution in [3.63, 3.8) is 0 Å². The average Bonchev–Trinajstić information content (AvgIpc) is 2.46. The highest BCUT2D eigenvalue weighted by Crippen LogP contribution is 2.03. The second-order valence-electron chi connectivity index (χ2n) is 4.73. The standard InChI is InChI=1S/C15H24N2O3/c1-16(12-14-6-4-3-5-7-14)15(19)13-17(8-10-18)9-11-20-2/h3-7,18H,8-13H2,1-2H3. The smallest absolute Gasteiger partial charge is 0.236 e. The number of hydrogen-bond donors (Lipinski definition) is 1. The molecular formula is C15H24N2O3. The Morgan fingerprint density at radius 2 is 1.95 bits per heavy atom. The third kappa shape index (κ3) is 6.14. The summed E-state index contributed by atoms with van der Waals surface area (Å²) in [6.07, 6.45) is 0. The Morgan fingerprint density at radius 3 is 2.55 bits per heavy atom. The maximum Gasteiger partial charge on any atom is 0.236 e. The van der Waals surface area contributed by atoms with Gasteiger partial charge in [-0.05, 0) is 5.56 Å². The third-order valence-corrected chi connectivity index (χ3v) is 3.08. The van der Waals surface area contributed by atoms with Gasteiger partial charge in [0.25, 0.3) is 0 Å². The molecule has 112 valence electrons. The Labute approximate surface area is 120 Å². The van der Waals surface area contributed by atoms with Crippen molar-refractivity contribution in [2.75, 3.05) is 47.0 Å². The largest absolute Gasteiger partial charge is 0.395 e. The Kier molecular flexibility index (Phi) is 7.87. The van der Waals surface area contributed by atoms with Crippen molar-refractivity contribution in [3.05, 3.63) is 35.9 Å². The molecule has 0 heterocycles. The van der Waals surface area contributed by atoms with Crippen LogP contribution >= 0.6 is 0 Å². The fraction of sp³-hybridized carbons (Fsp3) is 0.533. The van der Waals surface area contributed by atoms with Crippen molar-refractivity contribution in [1.82, 2.24) is 9.80 Å². The number of carbonyl (C=O) groups is 1. The molecule has 0 aromatic heterocycles. The van der Waals surface area contributed by atoms with Crippen LogP contribution in [-0.4, -0.2) is 67.8 Å². The molecule has 0 saturated heterocycles. The van der Waals surface area contributed by atoms with Crippen molar-refractivity contribution in [3.8, 4) is 0 Å². The number of carbonyl (C=O) groups excluding carboxylic acids is 1. The van der Waals surface area contributed by atoms with Gasteiger partial charge in [-0.3, -0.25) is 9.69 Å². The van der Waals surface area contributed by atoms with Crippen LogP contribution in [0.1, 0.15) is 5.56 Å². The molecule has 20 heavy (non-hydrogen) atoms. The van der Waals surface area contributed by atoms with Gasteiger partial charge in [-0.1, -0.05) is 30.3 Å². The first-order valence-corrected chi connectivity index (χ1v) is 6.77. The van der Waals surface area contributed by atoms with Gasteiger partial charge in [0.1, 0.15) is 0 Å². The molecule has 0 spiro atoms. The number of nitrogens with zero attached hydrogens (tertiary/aromatic N) is 2. The van der Waals surface area contributed by atoms with E-state index in [0.29, 0.717) is 32.8 Å². The number of ether oxygens (including phenoxy) is 1. The van der Waals surface area contributed by atoms with E-state index in [4.69, 9.17) is 9.84 Å². The Morgan fingerprint density at radius 1 is 1.25 bits per heavy atom. The molecule has 0 radical (unpaired) electrons. The maximum atomic E-state index is 12.2. The number of amides is 1. The summed E-state index contributed by atoms with van der Waals surface area (Å²) in [5, 5.41) is 9.02. The monoisotopic (exact) mass is 280 g/mol. The lowest BCUT2D eigenvalue weighted by Gasteiger charge is -2.24. The van der Waals surface area contributed by atoms with Gasteiger partial charge in [-0.25, -0.2) is 0 Å². The number of benzene rings is 1. The van der Waals surface area contributed by atoms with E-state index in [-0.39, 0.29) is 12.5 Å². The highest BCUT2D eigenvalue weighted by molar-refractivity contribution is 5.78. The zero-order valence-electron chi connectivity index (χ0n) is 12.3. The van der Waals surface area contributed by atoms with E-state index in [1.165, 1.54) is 0 Å². The van der Waals surface area contributed by atoms with Crippen molar-refractivity contribution in [2.45, 2.75) is 6.54 Å². The van der Waals surface area contributed by atoms with Crippen LogP contribution in [0.3, 0.4) is 0 Å². The van der Waals surface area contributed by atoms with Crippen LogP contribution in [0.4, 0.5) is 0 Å². The average molecular weight is 280 g/mol. The molecule has 1 amide bonds. The van der Waals surface area contributed by atoms with Gasteiger partial charge in [0, 0.05) is 33.8 Å². The van der Waals surface area contributed by atoms with Crippen LogP contribution < -0.4 is 0 Å². The number of likely N-dealkylation sites (N-methyl/N-ethyl adjacent to an activating group) is 1. The molecule has 5 heteroatoms. The SMILES string of the molecule is COCCN(CCO)CC(=O)N(C)Cc1ccccc1. The number of aliphatic hydroxyl groups is 1. The Balaban J connectivity index is 2.46. The van der Waals surface area contributed by atoms with E-state index < -0.39 is 0 Å². The van der Waals surface area contributed by atoms with Crippen LogP contribution in [0.25, 0.3) is 0 Å². The first-order chi connectivity index (χ1) is 9.67. The van der Waals surface area contributed by atoms with Crippen LogP contribution in [0.2, 0.25) is 0 Å². The molecule has 0 unspecified atom stereocenters. The Bertz CT molecular complexity index is 384. The highest BCUT2D eigenvalue weighted by Gasteiger charge is 2.14. The number of aliphatic hydroxyl groups excluding tert-OH is 1. The van der Waals surface area contributed by atoms with Gasteiger partial charge >= 0.3 is 0 Å². The fourth-order valence-electron chi connectivity index (χ4n) is 1.89. The Hall–Kier alpha value is -1.43. The van der Waals surface area contributed by atoms with Gasteiger partial charge in [-0.2, -0.15) is 0 Å². The molecule has 1 N–H and O–H groups in total. The predicted octanol–water partition coefficient (Wildman–Crippen LogP) is 0.586. The lowest BCUT2D eigenvalue weighted by molar-refractivity contribution is -0.131.